The topological polar surface area (TPSA) is 48.0 Å². The first-order chi connectivity index (χ1) is 10.3. The molecule has 2 aliphatic rings. The number of methoxy groups -OCH3 is 1. The third kappa shape index (κ3) is 3.19. The van der Waals surface area contributed by atoms with E-state index in [9.17, 15) is 4.79 Å². The Kier molecular flexibility index (Phi) is 4.41. The Hall–Kier alpha value is -1.59. The molecule has 1 unspecified atom stereocenters. The summed E-state index contributed by atoms with van der Waals surface area (Å²) >= 11 is 0. The first kappa shape index (κ1) is 14.4. The van der Waals surface area contributed by atoms with Crippen LogP contribution in [0.3, 0.4) is 0 Å². The highest BCUT2D eigenvalue weighted by Gasteiger charge is 2.29. The highest BCUT2D eigenvalue weighted by Crippen LogP contribution is 2.30. The van der Waals surface area contributed by atoms with Crippen LogP contribution in [0, 0.1) is 5.92 Å². The van der Waals surface area contributed by atoms with Crippen LogP contribution in [0.25, 0.3) is 0 Å². The normalized spacial score (nSPS) is 23.1. The van der Waals surface area contributed by atoms with Crippen molar-refractivity contribution >= 4 is 5.78 Å². The smallest absolute Gasteiger partial charge is 0.171 e. The molecule has 1 atom stereocenters. The van der Waals surface area contributed by atoms with E-state index in [1.54, 1.807) is 13.2 Å². The minimum Gasteiger partial charge on any atom is -0.497 e. The highest BCUT2D eigenvalue weighted by atomic mass is 16.5. The summed E-state index contributed by atoms with van der Waals surface area (Å²) in [6.07, 6.45) is 0.757. The van der Waals surface area contributed by atoms with Gasteiger partial charge in [0.1, 0.15) is 11.5 Å². The van der Waals surface area contributed by atoms with Crippen LogP contribution in [0.1, 0.15) is 16.8 Å². The van der Waals surface area contributed by atoms with E-state index < -0.39 is 0 Å². The SMILES string of the molecule is COc1ccc2c(c1)C(=O)C(CN1CCOCC1)CCO2. The zero-order chi connectivity index (χ0) is 14.7. The van der Waals surface area contributed by atoms with Gasteiger partial charge in [0.2, 0.25) is 0 Å². The molecule has 1 aromatic rings. The molecular weight excluding hydrogens is 270 g/mol. The van der Waals surface area contributed by atoms with Crippen molar-refractivity contribution in [1.82, 2.24) is 4.90 Å². The van der Waals surface area contributed by atoms with Gasteiger partial charge < -0.3 is 14.2 Å². The standard InChI is InChI=1S/C16H21NO4/c1-19-13-2-3-15-14(10-13)16(18)12(4-7-21-15)11-17-5-8-20-9-6-17/h2-3,10,12H,4-9,11H2,1H3. The van der Waals surface area contributed by atoms with Crippen LogP contribution in [0.15, 0.2) is 18.2 Å². The summed E-state index contributed by atoms with van der Waals surface area (Å²) in [6, 6.07) is 5.44. The van der Waals surface area contributed by atoms with Gasteiger partial charge in [0, 0.05) is 25.6 Å². The van der Waals surface area contributed by atoms with Crippen LogP contribution in [0.2, 0.25) is 0 Å². The molecule has 0 aromatic heterocycles. The summed E-state index contributed by atoms with van der Waals surface area (Å²) in [4.78, 5) is 15.1. The lowest BCUT2D eigenvalue weighted by Crippen LogP contribution is -2.41. The van der Waals surface area contributed by atoms with Crippen LogP contribution in [0.4, 0.5) is 0 Å². The predicted octanol–water partition coefficient (Wildman–Crippen LogP) is 1.61. The average Bonchev–Trinajstić information content (AvgIpc) is 2.68. The van der Waals surface area contributed by atoms with Crippen molar-refractivity contribution in [3.8, 4) is 11.5 Å². The monoisotopic (exact) mass is 291 g/mol. The number of benzene rings is 1. The van der Waals surface area contributed by atoms with E-state index in [2.05, 4.69) is 4.90 Å². The second-order valence-corrected chi connectivity index (χ2v) is 5.47. The maximum absolute atomic E-state index is 12.8. The van der Waals surface area contributed by atoms with Crippen LogP contribution in [-0.4, -0.2) is 57.2 Å². The molecule has 114 valence electrons. The Bertz CT molecular complexity index is 511. The lowest BCUT2D eigenvalue weighted by atomic mass is 9.94. The minimum atomic E-state index is -0.0172. The number of fused-ring (bicyclic) bond motifs is 1. The molecule has 21 heavy (non-hydrogen) atoms. The van der Waals surface area contributed by atoms with Crippen molar-refractivity contribution in [2.45, 2.75) is 6.42 Å². The zero-order valence-electron chi connectivity index (χ0n) is 12.3. The second kappa shape index (κ2) is 6.45. The lowest BCUT2D eigenvalue weighted by molar-refractivity contribution is 0.0291. The quantitative estimate of drug-likeness (QED) is 0.847. The summed E-state index contributed by atoms with van der Waals surface area (Å²) in [7, 11) is 1.61. The number of carbonyl (C=O) groups excluding carboxylic acids is 1. The van der Waals surface area contributed by atoms with E-state index in [-0.39, 0.29) is 11.7 Å². The molecule has 1 aromatic carbocycles. The molecule has 0 aliphatic carbocycles. The third-order valence-corrected chi connectivity index (χ3v) is 4.13. The van der Waals surface area contributed by atoms with Crippen molar-refractivity contribution in [1.29, 1.82) is 0 Å². The van der Waals surface area contributed by atoms with Gasteiger partial charge in [-0.25, -0.2) is 0 Å². The summed E-state index contributed by atoms with van der Waals surface area (Å²) in [5.41, 5.74) is 0.644. The van der Waals surface area contributed by atoms with Gasteiger partial charge >= 0.3 is 0 Å². The fourth-order valence-electron chi connectivity index (χ4n) is 2.89. The van der Waals surface area contributed by atoms with Gasteiger partial charge in [-0.1, -0.05) is 0 Å². The Labute approximate surface area is 124 Å². The number of ether oxygens (including phenoxy) is 3. The maximum atomic E-state index is 12.8. The molecule has 2 heterocycles. The lowest BCUT2D eigenvalue weighted by Gasteiger charge is -2.29. The highest BCUT2D eigenvalue weighted by molar-refractivity contribution is 6.01. The number of ketones is 1. The fraction of sp³-hybridized carbons (Fsp3) is 0.562. The Morgan fingerprint density at radius 2 is 2.10 bits per heavy atom. The molecule has 2 aliphatic heterocycles. The predicted molar refractivity (Wildman–Crippen MR) is 78.2 cm³/mol. The molecule has 0 amide bonds. The van der Waals surface area contributed by atoms with Crippen LogP contribution < -0.4 is 9.47 Å². The van der Waals surface area contributed by atoms with Gasteiger partial charge in [-0.15, -0.1) is 0 Å². The molecule has 5 nitrogen and oxygen atoms in total. The number of Topliss-reactive ketones (excluding diaryl/α,β-unsaturated/α-hetero) is 1. The van der Waals surface area contributed by atoms with Gasteiger partial charge in [-0.3, -0.25) is 9.69 Å². The molecule has 3 rings (SSSR count). The minimum absolute atomic E-state index is 0.0172. The van der Waals surface area contributed by atoms with E-state index >= 15 is 0 Å². The first-order valence-corrected chi connectivity index (χ1v) is 7.43. The molecule has 1 saturated heterocycles. The van der Waals surface area contributed by atoms with E-state index in [1.165, 1.54) is 0 Å². The molecule has 0 N–H and O–H groups in total. The number of nitrogens with zero attached hydrogens (tertiary/aromatic N) is 1. The van der Waals surface area contributed by atoms with Crippen LogP contribution >= 0.6 is 0 Å². The second-order valence-electron chi connectivity index (χ2n) is 5.47. The Morgan fingerprint density at radius 3 is 2.86 bits per heavy atom. The average molecular weight is 291 g/mol. The number of hydrogen-bond acceptors (Lipinski definition) is 5. The molecular formula is C16H21NO4. The molecule has 0 radical (unpaired) electrons. The molecule has 0 spiro atoms. The van der Waals surface area contributed by atoms with E-state index in [0.29, 0.717) is 23.7 Å². The van der Waals surface area contributed by atoms with Gasteiger partial charge in [-0.2, -0.15) is 0 Å². The summed E-state index contributed by atoms with van der Waals surface area (Å²) in [6.45, 7) is 4.66. The maximum Gasteiger partial charge on any atom is 0.171 e. The van der Waals surface area contributed by atoms with E-state index in [0.717, 1.165) is 39.3 Å². The van der Waals surface area contributed by atoms with Gasteiger partial charge in [0.15, 0.2) is 5.78 Å². The largest absolute Gasteiger partial charge is 0.497 e. The number of morpholine rings is 1. The molecule has 0 saturated carbocycles. The van der Waals surface area contributed by atoms with E-state index in [4.69, 9.17) is 14.2 Å². The van der Waals surface area contributed by atoms with Crippen LogP contribution in [0.5, 0.6) is 11.5 Å². The zero-order valence-corrected chi connectivity index (χ0v) is 12.3. The van der Waals surface area contributed by atoms with Gasteiger partial charge in [0.25, 0.3) is 0 Å². The Morgan fingerprint density at radius 1 is 1.29 bits per heavy atom. The third-order valence-electron chi connectivity index (χ3n) is 4.13. The van der Waals surface area contributed by atoms with E-state index in [1.807, 2.05) is 12.1 Å². The number of hydrogen-bond donors (Lipinski definition) is 0. The summed E-state index contributed by atoms with van der Waals surface area (Å²) in [5, 5.41) is 0. The summed E-state index contributed by atoms with van der Waals surface area (Å²) < 4.78 is 16.3. The molecule has 1 fully saturated rings. The summed E-state index contributed by atoms with van der Waals surface area (Å²) in [5.74, 6) is 1.51. The van der Waals surface area contributed by atoms with Crippen molar-refractivity contribution in [3.63, 3.8) is 0 Å². The van der Waals surface area contributed by atoms with Crippen LogP contribution in [-0.2, 0) is 4.74 Å². The first-order valence-electron chi connectivity index (χ1n) is 7.43. The molecule has 5 heteroatoms. The fourth-order valence-corrected chi connectivity index (χ4v) is 2.89. The van der Waals surface area contributed by atoms with Crippen molar-refractivity contribution in [2.24, 2.45) is 5.92 Å². The van der Waals surface area contributed by atoms with Gasteiger partial charge in [0.05, 0.1) is 32.5 Å². The Balaban J connectivity index is 1.78. The van der Waals surface area contributed by atoms with Crippen molar-refractivity contribution < 1.29 is 19.0 Å². The van der Waals surface area contributed by atoms with Crippen molar-refractivity contribution in [3.05, 3.63) is 23.8 Å². The number of carbonyl (C=O) groups is 1. The number of rotatable bonds is 3. The molecule has 0 bridgehead atoms. The van der Waals surface area contributed by atoms with Gasteiger partial charge in [-0.05, 0) is 24.6 Å². The van der Waals surface area contributed by atoms with Crippen molar-refractivity contribution in [2.75, 3.05) is 46.6 Å².